The highest BCUT2D eigenvalue weighted by atomic mass is 16.2. The molecule has 0 fully saturated rings. The molecule has 0 aliphatic carbocycles. The number of amides is 2. The molecule has 2 rings (SSSR count). The molecule has 2 aromatic rings. The van der Waals surface area contributed by atoms with Crippen molar-refractivity contribution < 1.29 is 9.59 Å². The van der Waals surface area contributed by atoms with Crippen molar-refractivity contribution in [2.75, 3.05) is 6.54 Å². The number of carbonyl (C=O) groups excluding carboxylic acids is 2. The van der Waals surface area contributed by atoms with Gasteiger partial charge in [0.25, 0.3) is 11.8 Å². The molecule has 0 saturated carbocycles. The molecule has 0 aliphatic rings. The summed E-state index contributed by atoms with van der Waals surface area (Å²) in [7, 11) is 0. The molecule has 1 atom stereocenters. The zero-order chi connectivity index (χ0) is 15.9. The molecule has 0 heterocycles. The minimum atomic E-state index is -0.745. The molecule has 0 saturated heterocycles. The molecule has 2 aromatic carbocycles. The molecule has 5 heteroatoms. The number of rotatable bonds is 6. The third-order valence-corrected chi connectivity index (χ3v) is 3.52. The Morgan fingerprint density at radius 3 is 2.55 bits per heavy atom. The van der Waals surface area contributed by atoms with Gasteiger partial charge in [0, 0.05) is 5.56 Å². The van der Waals surface area contributed by atoms with Crippen LogP contribution in [0.1, 0.15) is 29.6 Å². The Morgan fingerprint density at radius 2 is 1.77 bits per heavy atom. The predicted octanol–water partition coefficient (Wildman–Crippen LogP) is 1.57. The lowest BCUT2D eigenvalue weighted by molar-refractivity contribution is -0.121. The third kappa shape index (κ3) is 3.90. The van der Waals surface area contributed by atoms with Crippen LogP contribution in [0.25, 0.3) is 10.8 Å². The normalized spacial score (nSPS) is 12.1. The summed E-state index contributed by atoms with van der Waals surface area (Å²) in [4.78, 5) is 24.2. The van der Waals surface area contributed by atoms with Crippen molar-refractivity contribution in [2.24, 2.45) is 11.5 Å². The van der Waals surface area contributed by atoms with Crippen LogP contribution in [-0.4, -0.2) is 24.4 Å². The first kappa shape index (κ1) is 16.1. The van der Waals surface area contributed by atoms with Gasteiger partial charge >= 0.3 is 0 Å². The molecule has 2 amide bonds. The summed E-state index contributed by atoms with van der Waals surface area (Å²) >= 11 is 0. The van der Waals surface area contributed by atoms with Gasteiger partial charge in [0.05, 0.1) is 6.04 Å². The van der Waals surface area contributed by atoms with E-state index in [1.807, 2.05) is 30.3 Å². The van der Waals surface area contributed by atoms with Crippen LogP contribution in [0.5, 0.6) is 0 Å². The van der Waals surface area contributed by atoms with E-state index in [1.54, 1.807) is 12.1 Å². The van der Waals surface area contributed by atoms with E-state index < -0.39 is 17.9 Å². The first-order valence-corrected chi connectivity index (χ1v) is 7.37. The Bertz CT molecular complexity index is 665. The molecule has 5 nitrogen and oxygen atoms in total. The van der Waals surface area contributed by atoms with Gasteiger partial charge in [0.15, 0.2) is 0 Å². The number of hydrogen-bond donors (Lipinski definition) is 2. The minimum Gasteiger partial charge on any atom is -0.330 e. The molecule has 4 N–H and O–H groups in total. The van der Waals surface area contributed by atoms with E-state index in [2.05, 4.69) is 5.32 Å². The van der Waals surface area contributed by atoms with Crippen molar-refractivity contribution in [2.45, 2.75) is 25.3 Å². The van der Waals surface area contributed by atoms with Crippen molar-refractivity contribution in [3.05, 3.63) is 48.0 Å². The van der Waals surface area contributed by atoms with Gasteiger partial charge in [0.1, 0.15) is 0 Å². The first-order valence-electron chi connectivity index (χ1n) is 7.37. The first-order chi connectivity index (χ1) is 10.6. The molecular formula is C17H20N3O2. The number of fused-ring (bicyclic) bond motifs is 1. The highest BCUT2D eigenvalue weighted by Crippen LogP contribution is 2.18. The fourth-order valence-corrected chi connectivity index (χ4v) is 2.29. The van der Waals surface area contributed by atoms with Gasteiger partial charge < -0.3 is 11.5 Å². The zero-order valence-corrected chi connectivity index (χ0v) is 12.4. The van der Waals surface area contributed by atoms with Crippen molar-refractivity contribution in [1.29, 1.82) is 0 Å². The summed E-state index contributed by atoms with van der Waals surface area (Å²) in [5.41, 5.74) is 11.6. The smallest absolute Gasteiger partial charge is 0.280 e. The maximum atomic E-state index is 12.2. The van der Waals surface area contributed by atoms with E-state index in [0.29, 0.717) is 18.5 Å². The van der Waals surface area contributed by atoms with E-state index in [1.165, 1.54) is 0 Å². The fraction of sp³-hybridized carbons (Fsp3) is 0.294. The molecule has 0 bridgehead atoms. The van der Waals surface area contributed by atoms with Crippen LogP contribution in [0.4, 0.5) is 0 Å². The topological polar surface area (TPSA) is 100 Å². The van der Waals surface area contributed by atoms with Crippen LogP contribution in [0.15, 0.2) is 42.5 Å². The third-order valence-electron chi connectivity index (χ3n) is 3.52. The van der Waals surface area contributed by atoms with Crippen LogP contribution in [0, 0.1) is 0 Å². The highest BCUT2D eigenvalue weighted by Gasteiger charge is 2.20. The van der Waals surface area contributed by atoms with Gasteiger partial charge in [0.2, 0.25) is 0 Å². The van der Waals surface area contributed by atoms with Gasteiger partial charge in [-0.05, 0) is 36.2 Å². The van der Waals surface area contributed by atoms with Crippen molar-refractivity contribution in [3.8, 4) is 0 Å². The van der Waals surface area contributed by atoms with Crippen LogP contribution < -0.4 is 16.8 Å². The summed E-state index contributed by atoms with van der Waals surface area (Å²) in [5, 5.41) is 5.36. The number of imide groups is 1. The molecule has 1 radical (unpaired) electrons. The average molecular weight is 298 g/mol. The van der Waals surface area contributed by atoms with E-state index >= 15 is 0 Å². The van der Waals surface area contributed by atoms with Crippen LogP contribution >= 0.6 is 0 Å². The van der Waals surface area contributed by atoms with Crippen molar-refractivity contribution in [3.63, 3.8) is 0 Å². The maximum absolute atomic E-state index is 12.2. The van der Waals surface area contributed by atoms with Gasteiger partial charge in [-0.2, -0.15) is 5.32 Å². The van der Waals surface area contributed by atoms with Crippen molar-refractivity contribution in [1.82, 2.24) is 5.32 Å². The number of nitrogens with two attached hydrogens (primary N) is 2. The lowest BCUT2D eigenvalue weighted by Crippen LogP contribution is -2.39. The van der Waals surface area contributed by atoms with Gasteiger partial charge in [-0.15, -0.1) is 0 Å². The Balaban J connectivity index is 2.06. The monoisotopic (exact) mass is 298 g/mol. The molecule has 0 unspecified atom stereocenters. The number of hydrogen-bond acceptors (Lipinski definition) is 4. The Morgan fingerprint density at radius 1 is 1.05 bits per heavy atom. The number of carbonyl (C=O) groups is 2. The molecule has 0 aliphatic heterocycles. The average Bonchev–Trinajstić information content (AvgIpc) is 2.54. The summed E-state index contributed by atoms with van der Waals surface area (Å²) in [6.07, 6.45) is 2.04. The Hall–Kier alpha value is -2.24. The molecule has 0 aromatic heterocycles. The maximum Gasteiger partial charge on any atom is 0.280 e. The zero-order valence-electron chi connectivity index (χ0n) is 12.4. The summed E-state index contributed by atoms with van der Waals surface area (Å²) in [5.74, 6) is -1.12. The molecular weight excluding hydrogens is 278 g/mol. The quantitative estimate of drug-likeness (QED) is 0.790. The van der Waals surface area contributed by atoms with E-state index in [0.717, 1.165) is 23.6 Å². The molecule has 22 heavy (non-hydrogen) atoms. The second-order valence-electron chi connectivity index (χ2n) is 5.17. The Kier molecular flexibility index (Phi) is 5.63. The van der Waals surface area contributed by atoms with Crippen LogP contribution in [0.2, 0.25) is 0 Å². The van der Waals surface area contributed by atoms with Crippen LogP contribution in [0.3, 0.4) is 0 Å². The number of unbranched alkanes of at least 4 members (excludes halogenated alkanes) is 1. The lowest BCUT2D eigenvalue weighted by atomic mass is 10.0. The Labute approximate surface area is 129 Å². The van der Waals surface area contributed by atoms with Crippen molar-refractivity contribution >= 4 is 22.6 Å². The molecule has 115 valence electrons. The van der Waals surface area contributed by atoms with E-state index in [9.17, 15) is 9.59 Å². The van der Waals surface area contributed by atoms with E-state index in [4.69, 9.17) is 11.5 Å². The lowest BCUT2D eigenvalue weighted by Gasteiger charge is -2.10. The molecule has 0 spiro atoms. The predicted molar refractivity (Wildman–Crippen MR) is 86.3 cm³/mol. The largest absolute Gasteiger partial charge is 0.330 e. The number of nitrogens with zero attached hydrogens (tertiary/aromatic N) is 1. The summed E-state index contributed by atoms with van der Waals surface area (Å²) in [6.45, 7) is 0.562. The van der Waals surface area contributed by atoms with Gasteiger partial charge in [-0.25, -0.2) is 0 Å². The van der Waals surface area contributed by atoms with E-state index in [-0.39, 0.29) is 0 Å². The van der Waals surface area contributed by atoms with Gasteiger partial charge in [-0.1, -0.05) is 42.8 Å². The van der Waals surface area contributed by atoms with Gasteiger partial charge in [-0.3, -0.25) is 9.59 Å². The highest BCUT2D eigenvalue weighted by molar-refractivity contribution is 6.12. The minimum absolute atomic E-state index is 0.417. The van der Waals surface area contributed by atoms with Crippen LogP contribution in [-0.2, 0) is 4.79 Å². The number of benzene rings is 2. The summed E-state index contributed by atoms with van der Waals surface area (Å²) in [6, 6.07) is 12.1. The second kappa shape index (κ2) is 7.68. The second-order valence-corrected chi connectivity index (χ2v) is 5.17. The summed E-state index contributed by atoms with van der Waals surface area (Å²) < 4.78 is 0. The fourth-order valence-electron chi connectivity index (χ4n) is 2.29. The SMILES string of the molecule is NCCCC[C@H](N)C(=O)[N]C(=O)c1cccc2ccccc12. The standard InChI is InChI=1S/C17H20N3O2/c18-11-4-3-10-15(19)17(22)20-16(21)14-9-5-7-12-6-1-2-8-13(12)14/h1-2,5-9,15H,3-4,10-11,18-19H2/t15-/m0/s1.